The highest BCUT2D eigenvalue weighted by Gasteiger charge is 2.34. The summed E-state index contributed by atoms with van der Waals surface area (Å²) in [6.07, 6.45) is 0. The average molecular weight is 308 g/mol. The van der Waals surface area contributed by atoms with E-state index in [1.165, 1.54) is 7.11 Å². The van der Waals surface area contributed by atoms with Crippen molar-refractivity contribution >= 4 is 19.2 Å². The van der Waals surface area contributed by atoms with Gasteiger partial charge >= 0.3 is 7.60 Å². The minimum Gasteiger partial charge on any atom is -0.495 e. The van der Waals surface area contributed by atoms with Crippen LogP contribution in [0.1, 0.15) is 25.2 Å². The largest absolute Gasteiger partial charge is 0.495 e. The van der Waals surface area contributed by atoms with Gasteiger partial charge < -0.3 is 19.5 Å². The Kier molecular flexibility index (Phi) is 6.30. The van der Waals surface area contributed by atoms with E-state index < -0.39 is 13.4 Å². The molecule has 0 unspecified atom stereocenters. The molecule has 108 valence electrons. The zero-order chi connectivity index (χ0) is 14.5. The molecule has 1 aromatic carbocycles. The third-order valence-corrected chi connectivity index (χ3v) is 5.00. The van der Waals surface area contributed by atoms with Gasteiger partial charge in [-0.05, 0) is 31.5 Å². The molecule has 0 saturated carbocycles. The Balaban J connectivity index is 3.09. The SMILES string of the molecule is CCOP(=O)(OCC)[C@H](N)c1ccc(Cl)c(OC)c1. The second-order valence-electron chi connectivity index (χ2n) is 3.71. The fourth-order valence-corrected chi connectivity index (χ4v) is 3.44. The van der Waals surface area contributed by atoms with Crippen molar-refractivity contribution in [1.29, 1.82) is 0 Å². The van der Waals surface area contributed by atoms with E-state index in [1.807, 2.05) is 0 Å². The minimum atomic E-state index is -3.40. The van der Waals surface area contributed by atoms with Gasteiger partial charge in [-0.1, -0.05) is 17.7 Å². The predicted octanol–water partition coefficient (Wildman–Crippen LogP) is 3.57. The topological polar surface area (TPSA) is 70.8 Å². The average Bonchev–Trinajstić information content (AvgIpc) is 2.39. The number of rotatable bonds is 7. The standard InChI is InChI=1S/C12H19ClNO4P/c1-4-17-19(15,18-5-2)12(14)9-6-7-10(13)11(8-9)16-3/h6-8,12H,4-5,14H2,1-3H3/t12-/m0/s1. The van der Waals surface area contributed by atoms with Gasteiger partial charge in [-0.15, -0.1) is 0 Å². The summed E-state index contributed by atoms with van der Waals surface area (Å²) in [6, 6.07) is 4.95. The molecule has 1 rings (SSSR count). The van der Waals surface area contributed by atoms with Gasteiger partial charge in [-0.3, -0.25) is 4.57 Å². The summed E-state index contributed by atoms with van der Waals surface area (Å²) >= 11 is 5.94. The van der Waals surface area contributed by atoms with Crippen LogP contribution in [0.2, 0.25) is 5.02 Å². The highest BCUT2D eigenvalue weighted by atomic mass is 35.5. The van der Waals surface area contributed by atoms with Crippen molar-refractivity contribution in [2.75, 3.05) is 20.3 Å². The molecular formula is C12H19ClNO4P. The maximum absolute atomic E-state index is 12.6. The monoisotopic (exact) mass is 307 g/mol. The summed E-state index contributed by atoms with van der Waals surface area (Å²) in [4.78, 5) is 0. The van der Waals surface area contributed by atoms with Gasteiger partial charge in [0.05, 0.1) is 25.3 Å². The lowest BCUT2D eigenvalue weighted by molar-refractivity contribution is 0.212. The molecule has 0 heterocycles. The van der Waals surface area contributed by atoms with Gasteiger partial charge in [-0.25, -0.2) is 0 Å². The first-order valence-corrected chi connectivity index (χ1v) is 7.95. The van der Waals surface area contributed by atoms with Crippen LogP contribution in [0.5, 0.6) is 5.75 Å². The summed E-state index contributed by atoms with van der Waals surface area (Å²) in [6.45, 7) is 3.99. The van der Waals surface area contributed by atoms with Gasteiger partial charge in [0.25, 0.3) is 0 Å². The van der Waals surface area contributed by atoms with E-state index in [0.717, 1.165) is 0 Å². The highest BCUT2D eigenvalue weighted by molar-refractivity contribution is 7.54. The molecule has 1 aromatic rings. The van der Waals surface area contributed by atoms with E-state index in [-0.39, 0.29) is 13.2 Å². The van der Waals surface area contributed by atoms with E-state index in [0.29, 0.717) is 16.3 Å². The Labute approximate surface area is 118 Å². The molecule has 0 spiro atoms. The number of hydrogen-bond donors (Lipinski definition) is 1. The molecule has 0 aliphatic carbocycles. The fourth-order valence-electron chi connectivity index (χ4n) is 1.60. The third-order valence-electron chi connectivity index (χ3n) is 2.48. The van der Waals surface area contributed by atoms with Crippen molar-refractivity contribution in [3.63, 3.8) is 0 Å². The van der Waals surface area contributed by atoms with Crippen LogP contribution < -0.4 is 10.5 Å². The molecule has 2 N–H and O–H groups in total. The van der Waals surface area contributed by atoms with Gasteiger partial charge in [0, 0.05) is 0 Å². The van der Waals surface area contributed by atoms with Crippen molar-refractivity contribution < 1.29 is 18.3 Å². The minimum absolute atomic E-state index is 0.260. The van der Waals surface area contributed by atoms with Crippen LogP contribution in [0.25, 0.3) is 0 Å². The van der Waals surface area contributed by atoms with Crippen LogP contribution in [-0.2, 0) is 13.6 Å². The second kappa shape index (κ2) is 7.27. The first kappa shape index (κ1) is 16.5. The molecule has 0 aliphatic heterocycles. The number of hydrogen-bond acceptors (Lipinski definition) is 5. The van der Waals surface area contributed by atoms with Crippen LogP contribution in [0, 0.1) is 0 Å². The van der Waals surface area contributed by atoms with Crippen molar-refractivity contribution in [1.82, 2.24) is 0 Å². The van der Waals surface area contributed by atoms with E-state index in [4.69, 9.17) is 31.1 Å². The van der Waals surface area contributed by atoms with Crippen LogP contribution >= 0.6 is 19.2 Å². The molecule has 0 radical (unpaired) electrons. The molecule has 0 saturated heterocycles. The molecular weight excluding hydrogens is 289 g/mol. The molecule has 1 atom stereocenters. The summed E-state index contributed by atoms with van der Waals surface area (Å²) in [5, 5.41) is 0.459. The van der Waals surface area contributed by atoms with E-state index in [1.54, 1.807) is 32.0 Å². The lowest BCUT2D eigenvalue weighted by atomic mass is 10.2. The van der Waals surface area contributed by atoms with E-state index in [9.17, 15) is 4.57 Å². The zero-order valence-corrected chi connectivity index (χ0v) is 12.9. The summed E-state index contributed by atoms with van der Waals surface area (Å²) in [7, 11) is -1.90. The molecule has 19 heavy (non-hydrogen) atoms. The van der Waals surface area contributed by atoms with Crippen molar-refractivity contribution in [3.05, 3.63) is 28.8 Å². The number of ether oxygens (including phenoxy) is 1. The number of halogens is 1. The quantitative estimate of drug-likeness (QED) is 0.780. The molecule has 0 aromatic heterocycles. The van der Waals surface area contributed by atoms with Crippen molar-refractivity contribution in [2.24, 2.45) is 5.73 Å². The summed E-state index contributed by atoms with van der Waals surface area (Å²) in [5.74, 6) is -0.410. The summed E-state index contributed by atoms with van der Waals surface area (Å²) in [5.41, 5.74) is 6.60. The number of benzene rings is 1. The Morgan fingerprint density at radius 3 is 2.37 bits per heavy atom. The number of nitrogens with two attached hydrogens (primary N) is 1. The van der Waals surface area contributed by atoms with Crippen molar-refractivity contribution in [3.8, 4) is 5.75 Å². The third kappa shape index (κ3) is 3.94. The Bertz CT molecular complexity index is 459. The smallest absolute Gasteiger partial charge is 0.351 e. The predicted molar refractivity (Wildman–Crippen MR) is 75.8 cm³/mol. The van der Waals surface area contributed by atoms with Gasteiger partial charge in [-0.2, -0.15) is 0 Å². The molecule has 0 aliphatic rings. The molecule has 0 bridgehead atoms. The van der Waals surface area contributed by atoms with Crippen molar-refractivity contribution in [2.45, 2.75) is 19.6 Å². The lowest BCUT2D eigenvalue weighted by Gasteiger charge is -2.23. The Morgan fingerprint density at radius 1 is 1.32 bits per heavy atom. The normalized spacial score (nSPS) is 13.3. The Morgan fingerprint density at radius 2 is 1.89 bits per heavy atom. The maximum atomic E-state index is 12.6. The Hall–Kier alpha value is -0.580. The first-order valence-electron chi connectivity index (χ1n) is 5.96. The molecule has 0 fully saturated rings. The molecule has 0 amide bonds. The highest BCUT2D eigenvalue weighted by Crippen LogP contribution is 2.58. The van der Waals surface area contributed by atoms with Crippen LogP contribution in [0.15, 0.2) is 18.2 Å². The summed E-state index contributed by atoms with van der Waals surface area (Å²) < 4.78 is 28.1. The van der Waals surface area contributed by atoms with Gasteiger partial charge in [0.1, 0.15) is 11.5 Å². The zero-order valence-electron chi connectivity index (χ0n) is 11.3. The number of methoxy groups -OCH3 is 1. The molecule has 7 heteroatoms. The fraction of sp³-hybridized carbons (Fsp3) is 0.500. The van der Waals surface area contributed by atoms with Crippen LogP contribution in [-0.4, -0.2) is 20.3 Å². The maximum Gasteiger partial charge on any atom is 0.351 e. The van der Waals surface area contributed by atoms with Gasteiger partial charge in [0.15, 0.2) is 0 Å². The van der Waals surface area contributed by atoms with Crippen LogP contribution in [0.4, 0.5) is 0 Å². The van der Waals surface area contributed by atoms with Gasteiger partial charge in [0.2, 0.25) is 0 Å². The first-order chi connectivity index (χ1) is 8.98. The van der Waals surface area contributed by atoms with E-state index in [2.05, 4.69) is 0 Å². The lowest BCUT2D eigenvalue weighted by Crippen LogP contribution is -2.15. The molecule has 5 nitrogen and oxygen atoms in total. The second-order valence-corrected chi connectivity index (χ2v) is 6.27. The van der Waals surface area contributed by atoms with Crippen LogP contribution in [0.3, 0.4) is 0 Å². The van der Waals surface area contributed by atoms with E-state index >= 15 is 0 Å².